The van der Waals surface area contributed by atoms with E-state index in [4.69, 9.17) is 14.2 Å². The van der Waals surface area contributed by atoms with E-state index in [2.05, 4.69) is 31.7 Å². The van der Waals surface area contributed by atoms with Gasteiger partial charge in [-0.3, -0.25) is 0 Å². The number of nitrogens with zero attached hydrogens (tertiary/aromatic N) is 3. The lowest BCUT2D eigenvalue weighted by Gasteiger charge is -2.45. The fraction of sp³-hybridized carbons (Fsp3) is 0.476. The summed E-state index contributed by atoms with van der Waals surface area (Å²) in [5.74, 6) is 1.73. The third-order valence-corrected chi connectivity index (χ3v) is 5.78. The average Bonchev–Trinajstić information content (AvgIpc) is 2.78. The molecular weight excluding hydrogens is 374 g/mol. The second-order valence-corrected chi connectivity index (χ2v) is 7.20. The van der Waals surface area contributed by atoms with Crippen molar-refractivity contribution in [2.45, 2.75) is 24.9 Å². The van der Waals surface area contributed by atoms with Gasteiger partial charge in [-0.05, 0) is 42.5 Å². The molecule has 8 heteroatoms. The molecule has 0 radical (unpaired) electrons. The molecule has 0 bridgehead atoms. The summed E-state index contributed by atoms with van der Waals surface area (Å²) >= 11 is 0. The van der Waals surface area contributed by atoms with Gasteiger partial charge in [-0.1, -0.05) is 0 Å². The van der Waals surface area contributed by atoms with E-state index in [1.807, 2.05) is 0 Å². The topological polar surface area (TPSA) is 83.0 Å². The van der Waals surface area contributed by atoms with Crippen molar-refractivity contribution in [1.29, 1.82) is 0 Å². The van der Waals surface area contributed by atoms with Crippen LogP contribution in [0.3, 0.4) is 0 Å². The van der Waals surface area contributed by atoms with Crippen molar-refractivity contribution in [2.75, 3.05) is 45.9 Å². The van der Waals surface area contributed by atoms with Crippen LogP contribution in [-0.4, -0.2) is 57.0 Å². The molecule has 2 aliphatic rings. The van der Waals surface area contributed by atoms with Crippen LogP contribution in [0.15, 0.2) is 24.5 Å². The Morgan fingerprint density at radius 1 is 1.07 bits per heavy atom. The number of carbonyl (C=O) groups is 1. The summed E-state index contributed by atoms with van der Waals surface area (Å²) in [6, 6.07) is 4.13. The first kappa shape index (κ1) is 19.4. The molecule has 29 heavy (non-hydrogen) atoms. The molecule has 0 amide bonds. The highest BCUT2D eigenvalue weighted by molar-refractivity contribution is 5.86. The van der Waals surface area contributed by atoms with Gasteiger partial charge in [0, 0.05) is 13.1 Å². The van der Waals surface area contributed by atoms with Gasteiger partial charge in [0.1, 0.15) is 5.82 Å². The first-order valence-electron chi connectivity index (χ1n) is 9.65. The van der Waals surface area contributed by atoms with Gasteiger partial charge in [0.25, 0.3) is 0 Å². The minimum absolute atomic E-state index is 0.204. The molecule has 1 saturated heterocycles. The summed E-state index contributed by atoms with van der Waals surface area (Å²) in [7, 11) is 4.64. The predicted octanol–water partition coefficient (Wildman–Crippen LogP) is 2.35. The van der Waals surface area contributed by atoms with E-state index in [1.165, 1.54) is 24.4 Å². The zero-order chi connectivity index (χ0) is 20.4. The predicted molar refractivity (Wildman–Crippen MR) is 106 cm³/mol. The van der Waals surface area contributed by atoms with Crippen molar-refractivity contribution in [1.82, 2.24) is 9.97 Å². The molecule has 1 spiro atoms. The highest BCUT2D eigenvalue weighted by Gasteiger charge is 2.41. The van der Waals surface area contributed by atoms with E-state index < -0.39 is 5.97 Å². The number of esters is 1. The minimum atomic E-state index is -0.488. The largest absolute Gasteiger partial charge is 0.493 e. The van der Waals surface area contributed by atoms with Crippen molar-refractivity contribution in [2.24, 2.45) is 0 Å². The normalized spacial score (nSPS) is 17.6. The van der Waals surface area contributed by atoms with Gasteiger partial charge >= 0.3 is 5.97 Å². The number of carbonyl (C=O) groups excluding carboxylic acids is 1. The second kappa shape index (κ2) is 7.87. The third-order valence-electron chi connectivity index (χ3n) is 5.78. The lowest BCUT2D eigenvalue weighted by molar-refractivity contribution is -0.0768. The maximum Gasteiger partial charge on any atom is 0.358 e. The van der Waals surface area contributed by atoms with E-state index in [9.17, 15) is 4.79 Å². The molecule has 0 unspecified atom stereocenters. The van der Waals surface area contributed by atoms with Gasteiger partial charge in [0.2, 0.25) is 0 Å². The Bertz CT molecular complexity index is 892. The summed E-state index contributed by atoms with van der Waals surface area (Å²) in [4.78, 5) is 22.3. The van der Waals surface area contributed by atoms with E-state index in [0.29, 0.717) is 6.61 Å². The molecule has 1 aromatic heterocycles. The van der Waals surface area contributed by atoms with Crippen LogP contribution in [0.5, 0.6) is 11.5 Å². The van der Waals surface area contributed by atoms with E-state index in [1.54, 1.807) is 20.4 Å². The number of benzene rings is 1. The van der Waals surface area contributed by atoms with Gasteiger partial charge in [0.05, 0.1) is 45.9 Å². The lowest BCUT2D eigenvalue weighted by atomic mass is 9.79. The van der Waals surface area contributed by atoms with Gasteiger partial charge in [0.15, 0.2) is 17.2 Å². The summed E-state index contributed by atoms with van der Waals surface area (Å²) in [6.07, 6.45) is 5.59. The van der Waals surface area contributed by atoms with Crippen molar-refractivity contribution < 1.29 is 23.7 Å². The summed E-state index contributed by atoms with van der Waals surface area (Å²) in [5, 5.41) is 0. The van der Waals surface area contributed by atoms with Gasteiger partial charge in [-0.2, -0.15) is 0 Å². The molecular formula is C21H25N3O5. The molecule has 1 fully saturated rings. The summed E-state index contributed by atoms with van der Waals surface area (Å²) < 4.78 is 22.0. The van der Waals surface area contributed by atoms with Crippen molar-refractivity contribution in [3.63, 3.8) is 0 Å². The number of hydrogen-bond donors (Lipinski definition) is 0. The van der Waals surface area contributed by atoms with Crippen molar-refractivity contribution in [3.8, 4) is 11.5 Å². The van der Waals surface area contributed by atoms with Gasteiger partial charge in [-0.15, -0.1) is 0 Å². The molecule has 0 N–H and O–H groups in total. The lowest BCUT2D eigenvalue weighted by Crippen LogP contribution is -2.47. The summed E-state index contributed by atoms with van der Waals surface area (Å²) in [6.45, 7) is 2.25. The molecule has 2 aromatic rings. The molecule has 0 atom stereocenters. The molecule has 4 rings (SSSR count). The molecule has 8 nitrogen and oxygen atoms in total. The third kappa shape index (κ3) is 3.48. The Kier molecular flexibility index (Phi) is 5.27. The Morgan fingerprint density at radius 3 is 2.41 bits per heavy atom. The van der Waals surface area contributed by atoms with E-state index >= 15 is 0 Å². The van der Waals surface area contributed by atoms with Crippen molar-refractivity contribution >= 4 is 11.8 Å². The van der Waals surface area contributed by atoms with Crippen LogP contribution in [0.2, 0.25) is 0 Å². The summed E-state index contributed by atoms with van der Waals surface area (Å²) in [5.41, 5.74) is 2.32. The number of hydrogen-bond acceptors (Lipinski definition) is 8. The minimum Gasteiger partial charge on any atom is -0.493 e. The molecule has 3 heterocycles. The number of rotatable bonds is 4. The molecule has 2 aliphatic heterocycles. The number of ether oxygens (including phenoxy) is 4. The molecule has 0 saturated carbocycles. The van der Waals surface area contributed by atoms with Crippen LogP contribution in [0.1, 0.15) is 34.5 Å². The standard InChI is InChI=1S/C21H25N3O5/c1-26-17-10-14-4-9-29-21(15(14)11-18(17)27-2)5-7-24(8-6-21)19-13-22-16(12-23-19)20(25)28-3/h10-13H,4-9H2,1-3H3. The quantitative estimate of drug-likeness (QED) is 0.725. The van der Waals surface area contributed by atoms with Crippen LogP contribution < -0.4 is 14.4 Å². The number of piperidine rings is 1. The number of methoxy groups -OCH3 is 3. The maximum absolute atomic E-state index is 11.5. The van der Waals surface area contributed by atoms with Crippen LogP contribution in [0.4, 0.5) is 5.82 Å². The maximum atomic E-state index is 11.5. The van der Waals surface area contributed by atoms with Crippen LogP contribution in [0, 0.1) is 0 Å². The highest BCUT2D eigenvalue weighted by atomic mass is 16.5. The Morgan fingerprint density at radius 2 is 1.79 bits per heavy atom. The second-order valence-electron chi connectivity index (χ2n) is 7.20. The van der Waals surface area contributed by atoms with Gasteiger partial charge in [-0.25, -0.2) is 14.8 Å². The monoisotopic (exact) mass is 399 g/mol. The zero-order valence-corrected chi connectivity index (χ0v) is 16.9. The fourth-order valence-electron chi connectivity index (χ4n) is 4.19. The van der Waals surface area contributed by atoms with Crippen LogP contribution in [0.25, 0.3) is 0 Å². The Balaban J connectivity index is 1.54. The highest BCUT2D eigenvalue weighted by Crippen LogP contribution is 2.45. The Labute approximate surface area is 169 Å². The van der Waals surface area contributed by atoms with Crippen LogP contribution in [-0.2, 0) is 21.5 Å². The zero-order valence-electron chi connectivity index (χ0n) is 16.9. The fourth-order valence-corrected chi connectivity index (χ4v) is 4.19. The molecule has 0 aliphatic carbocycles. The van der Waals surface area contributed by atoms with E-state index in [-0.39, 0.29) is 11.3 Å². The molecule has 154 valence electrons. The van der Waals surface area contributed by atoms with Crippen LogP contribution >= 0.6 is 0 Å². The van der Waals surface area contributed by atoms with Crippen molar-refractivity contribution in [3.05, 3.63) is 41.3 Å². The van der Waals surface area contributed by atoms with Gasteiger partial charge < -0.3 is 23.8 Å². The number of anilines is 1. The van der Waals surface area contributed by atoms with E-state index in [0.717, 1.165) is 49.7 Å². The Hall–Kier alpha value is -2.87. The smallest absolute Gasteiger partial charge is 0.358 e. The number of fused-ring (bicyclic) bond motifs is 2. The molecule has 1 aromatic carbocycles. The first-order valence-corrected chi connectivity index (χ1v) is 9.65. The SMILES string of the molecule is COC(=O)c1cnc(N2CCC3(CC2)OCCc2cc(OC)c(OC)cc23)cn1. The number of aromatic nitrogens is 2. The first-order chi connectivity index (χ1) is 14.1. The average molecular weight is 399 g/mol.